The van der Waals surface area contributed by atoms with Gasteiger partial charge in [0.2, 0.25) is 11.9 Å². The fraction of sp³-hybridized carbons (Fsp3) is 0.250. The number of hydrogen-bond acceptors (Lipinski definition) is 7. The molecule has 0 radical (unpaired) electrons. The highest BCUT2D eigenvalue weighted by Gasteiger charge is 2.21. The van der Waals surface area contributed by atoms with E-state index in [-0.39, 0.29) is 11.2 Å². The van der Waals surface area contributed by atoms with Crippen LogP contribution in [0.25, 0.3) is 0 Å². The number of aryl methyl sites for hydroxylation is 1. The Morgan fingerprint density at radius 1 is 1.40 bits per heavy atom. The average molecular weight is 426 g/mol. The van der Waals surface area contributed by atoms with Crippen LogP contribution in [0.5, 0.6) is 0 Å². The van der Waals surface area contributed by atoms with Crippen LogP contribution in [0, 0.1) is 0 Å². The summed E-state index contributed by atoms with van der Waals surface area (Å²) >= 11 is 0. The predicted molar refractivity (Wildman–Crippen MR) is 122 cm³/mol. The average Bonchev–Trinajstić information content (AvgIpc) is 3.11. The van der Waals surface area contributed by atoms with Gasteiger partial charge in [0.1, 0.15) is 0 Å². The van der Waals surface area contributed by atoms with Crippen molar-refractivity contribution in [3.63, 3.8) is 0 Å². The van der Waals surface area contributed by atoms with E-state index in [9.17, 15) is 9.00 Å². The number of nitrogens with one attached hydrogen (secondary N) is 2. The van der Waals surface area contributed by atoms with Crippen molar-refractivity contribution in [3.05, 3.63) is 49.3 Å². The first-order valence-corrected chi connectivity index (χ1v) is 10.8. The molecule has 3 rings (SSSR count). The zero-order valence-electron chi connectivity index (χ0n) is 16.8. The number of aromatic nitrogens is 2. The standard InChI is InChI=1S/C20H23N7O2S/c1-4-19(28)25-15-7-5-6-14(10-15)24-17-12-22-20(21-9-8-18(17)30(3)29)26-16-11-23-27(2)13-16/h4-7,10-13,18H,1,8-9H2,2-3H3,(H,21,26)(H,25,28). The molecule has 1 aliphatic rings. The zero-order valence-corrected chi connectivity index (χ0v) is 17.6. The van der Waals surface area contributed by atoms with Crippen molar-refractivity contribution in [1.29, 1.82) is 0 Å². The van der Waals surface area contributed by atoms with Crippen LogP contribution in [-0.2, 0) is 22.6 Å². The number of aliphatic imine (C=N–C) groups is 3. The first-order chi connectivity index (χ1) is 14.4. The Hall–Kier alpha value is -3.40. The van der Waals surface area contributed by atoms with Gasteiger partial charge in [-0.3, -0.25) is 23.7 Å². The van der Waals surface area contributed by atoms with Gasteiger partial charge in [-0.1, -0.05) is 12.6 Å². The monoisotopic (exact) mass is 425 g/mol. The summed E-state index contributed by atoms with van der Waals surface area (Å²) in [5, 5.41) is 9.63. The van der Waals surface area contributed by atoms with Crippen LogP contribution in [0.1, 0.15) is 6.42 Å². The third-order valence-corrected chi connectivity index (χ3v) is 5.50. The highest BCUT2D eigenvalue weighted by Crippen LogP contribution is 2.20. The number of carbonyl (C=O) groups excluding carboxylic acids is 1. The van der Waals surface area contributed by atoms with Crippen LogP contribution in [0.15, 0.2) is 64.3 Å². The lowest BCUT2D eigenvalue weighted by Crippen LogP contribution is -2.30. The number of guanidine groups is 1. The minimum absolute atomic E-state index is 0.302. The number of benzene rings is 1. The normalized spacial score (nSPS) is 18.8. The van der Waals surface area contributed by atoms with Gasteiger partial charge in [0.05, 0.1) is 34.7 Å². The summed E-state index contributed by atoms with van der Waals surface area (Å²) < 4.78 is 14.0. The van der Waals surface area contributed by atoms with E-state index in [2.05, 4.69) is 37.3 Å². The molecule has 9 nitrogen and oxygen atoms in total. The van der Waals surface area contributed by atoms with E-state index in [1.54, 1.807) is 41.5 Å². The summed E-state index contributed by atoms with van der Waals surface area (Å²) in [5.74, 6) is 0.130. The van der Waals surface area contributed by atoms with Gasteiger partial charge in [0.15, 0.2) is 0 Å². The Bertz CT molecular complexity index is 1050. The molecule has 2 aromatic rings. The largest absolute Gasteiger partial charge is 0.322 e. The van der Waals surface area contributed by atoms with Crippen molar-refractivity contribution in [2.45, 2.75) is 11.7 Å². The molecule has 10 heteroatoms. The Labute approximate surface area is 177 Å². The molecule has 1 aliphatic heterocycles. The minimum atomic E-state index is -1.14. The molecule has 1 aromatic carbocycles. The number of carbonyl (C=O) groups is 1. The molecule has 156 valence electrons. The summed E-state index contributed by atoms with van der Waals surface area (Å²) in [6, 6.07) is 7.09. The molecule has 0 saturated carbocycles. The number of anilines is 2. The lowest BCUT2D eigenvalue weighted by molar-refractivity contribution is -0.111. The lowest BCUT2D eigenvalue weighted by atomic mass is 10.2. The SMILES string of the molecule is C=CC(=O)Nc1cccc(N=C2C=NC(Nc3cnn(C)c3)=NCCC2S(C)=O)c1. The summed E-state index contributed by atoms with van der Waals surface area (Å²) in [4.78, 5) is 25.1. The molecule has 0 bridgehead atoms. The molecular weight excluding hydrogens is 402 g/mol. The quantitative estimate of drug-likeness (QED) is 0.716. The fourth-order valence-electron chi connectivity index (χ4n) is 2.81. The topological polar surface area (TPSA) is 113 Å². The maximum absolute atomic E-state index is 12.3. The van der Waals surface area contributed by atoms with Gasteiger partial charge in [0, 0.05) is 42.5 Å². The van der Waals surface area contributed by atoms with Crippen LogP contribution in [0.2, 0.25) is 0 Å². The van der Waals surface area contributed by atoms with Gasteiger partial charge in [-0.2, -0.15) is 5.10 Å². The van der Waals surface area contributed by atoms with E-state index < -0.39 is 10.8 Å². The second-order valence-electron chi connectivity index (χ2n) is 6.55. The van der Waals surface area contributed by atoms with Crippen molar-refractivity contribution >= 4 is 51.7 Å². The van der Waals surface area contributed by atoms with Gasteiger partial charge in [0.25, 0.3) is 0 Å². The molecule has 0 aliphatic carbocycles. The highest BCUT2D eigenvalue weighted by molar-refractivity contribution is 7.85. The van der Waals surface area contributed by atoms with Crippen LogP contribution in [0.4, 0.5) is 17.1 Å². The number of rotatable bonds is 5. The minimum Gasteiger partial charge on any atom is -0.322 e. The molecule has 2 atom stereocenters. The van der Waals surface area contributed by atoms with Crippen molar-refractivity contribution in [2.75, 3.05) is 23.4 Å². The highest BCUT2D eigenvalue weighted by atomic mass is 32.2. The van der Waals surface area contributed by atoms with Crippen molar-refractivity contribution < 1.29 is 9.00 Å². The van der Waals surface area contributed by atoms with Crippen LogP contribution in [0.3, 0.4) is 0 Å². The third-order valence-electron chi connectivity index (χ3n) is 4.22. The fourth-order valence-corrected chi connectivity index (χ4v) is 3.70. The maximum atomic E-state index is 12.3. The second-order valence-corrected chi connectivity index (χ2v) is 8.11. The van der Waals surface area contributed by atoms with Crippen LogP contribution in [-0.4, -0.2) is 55.8 Å². The lowest BCUT2D eigenvalue weighted by Gasteiger charge is -2.16. The van der Waals surface area contributed by atoms with Gasteiger partial charge in [-0.25, -0.2) is 4.99 Å². The molecule has 1 aromatic heterocycles. The number of amides is 1. The molecule has 0 fully saturated rings. The Kier molecular flexibility index (Phi) is 7.02. The number of nitrogens with zero attached hydrogens (tertiary/aromatic N) is 5. The molecule has 2 heterocycles. The summed E-state index contributed by atoms with van der Waals surface area (Å²) in [5.41, 5.74) is 2.57. The van der Waals surface area contributed by atoms with Gasteiger partial charge in [-0.05, 0) is 30.7 Å². The van der Waals surface area contributed by atoms with Crippen molar-refractivity contribution in [1.82, 2.24) is 9.78 Å². The van der Waals surface area contributed by atoms with Crippen LogP contribution >= 0.6 is 0 Å². The Morgan fingerprint density at radius 3 is 2.93 bits per heavy atom. The van der Waals surface area contributed by atoms with Gasteiger partial charge < -0.3 is 10.6 Å². The van der Waals surface area contributed by atoms with E-state index >= 15 is 0 Å². The maximum Gasteiger partial charge on any atom is 0.247 e. The van der Waals surface area contributed by atoms with Crippen molar-refractivity contribution in [2.24, 2.45) is 22.0 Å². The van der Waals surface area contributed by atoms with E-state index in [0.717, 1.165) is 5.69 Å². The Morgan fingerprint density at radius 2 is 2.23 bits per heavy atom. The Balaban J connectivity index is 1.88. The summed E-state index contributed by atoms with van der Waals surface area (Å²) in [6.45, 7) is 3.90. The first kappa shape index (κ1) is 21.3. The number of hydrogen-bond donors (Lipinski definition) is 2. The van der Waals surface area contributed by atoms with Gasteiger partial charge >= 0.3 is 0 Å². The molecule has 1 amide bonds. The molecule has 30 heavy (non-hydrogen) atoms. The van der Waals surface area contributed by atoms with Gasteiger partial charge in [-0.15, -0.1) is 0 Å². The molecule has 2 unspecified atom stereocenters. The van der Waals surface area contributed by atoms with E-state index in [4.69, 9.17) is 0 Å². The van der Waals surface area contributed by atoms with E-state index in [1.165, 1.54) is 6.08 Å². The zero-order chi connectivity index (χ0) is 21.5. The predicted octanol–water partition coefficient (Wildman–Crippen LogP) is 2.31. The van der Waals surface area contributed by atoms with Crippen molar-refractivity contribution in [3.8, 4) is 0 Å². The molecular formula is C20H23N7O2S. The second kappa shape index (κ2) is 9.88. The van der Waals surface area contributed by atoms with E-state index in [1.807, 2.05) is 19.3 Å². The molecule has 2 N–H and O–H groups in total. The molecule has 0 saturated heterocycles. The third kappa shape index (κ3) is 5.80. The summed E-state index contributed by atoms with van der Waals surface area (Å²) in [7, 11) is 0.681. The summed E-state index contributed by atoms with van der Waals surface area (Å²) in [6.07, 6.45) is 8.50. The van der Waals surface area contributed by atoms with E-state index in [0.29, 0.717) is 36.0 Å². The first-order valence-electron chi connectivity index (χ1n) is 9.23. The smallest absolute Gasteiger partial charge is 0.247 e. The molecule has 0 spiro atoms. The van der Waals surface area contributed by atoms with Crippen LogP contribution < -0.4 is 10.6 Å².